The van der Waals surface area contributed by atoms with Gasteiger partial charge in [-0.2, -0.15) is 0 Å². The van der Waals surface area contributed by atoms with Crippen LogP contribution in [-0.2, 0) is 9.59 Å². The van der Waals surface area contributed by atoms with Crippen LogP contribution in [0.3, 0.4) is 0 Å². The van der Waals surface area contributed by atoms with Gasteiger partial charge in [0.05, 0.1) is 6.10 Å². The third-order valence-corrected chi connectivity index (χ3v) is 8.13. The van der Waals surface area contributed by atoms with Gasteiger partial charge in [0.25, 0.3) is 0 Å². The lowest BCUT2D eigenvalue weighted by Crippen LogP contribution is -2.56. The van der Waals surface area contributed by atoms with Crippen molar-refractivity contribution in [3.8, 4) is 0 Å². The fourth-order valence-corrected chi connectivity index (χ4v) is 6.95. The Morgan fingerprint density at radius 3 is 2.74 bits per heavy atom. The largest absolute Gasteiger partial charge is 0.393 e. The van der Waals surface area contributed by atoms with Crippen LogP contribution in [0, 0.1) is 34.5 Å². The number of fused-ring (bicyclic) bond motifs is 5. The Bertz CT molecular complexity index is 579. The van der Waals surface area contributed by atoms with E-state index in [1.807, 2.05) is 6.08 Å². The molecule has 0 amide bonds. The van der Waals surface area contributed by atoms with Crippen LogP contribution in [0.25, 0.3) is 0 Å². The highest BCUT2D eigenvalue weighted by Gasteiger charge is 2.61. The number of aliphatic hydroxyl groups is 1. The molecule has 1 N–H and O–H groups in total. The first-order valence-corrected chi connectivity index (χ1v) is 9.27. The molecule has 0 spiro atoms. The van der Waals surface area contributed by atoms with Crippen LogP contribution < -0.4 is 0 Å². The third-order valence-electron chi connectivity index (χ3n) is 8.13. The van der Waals surface area contributed by atoms with Gasteiger partial charge in [0, 0.05) is 12.3 Å². The molecule has 126 valence electrons. The number of hydrogen-bond donors (Lipinski definition) is 1. The Morgan fingerprint density at radius 2 is 2.00 bits per heavy atom. The summed E-state index contributed by atoms with van der Waals surface area (Å²) in [7, 11) is 0. The van der Waals surface area contributed by atoms with Crippen LogP contribution >= 0.6 is 0 Å². The lowest BCUT2D eigenvalue weighted by atomic mass is 9.46. The van der Waals surface area contributed by atoms with E-state index in [1.165, 1.54) is 5.57 Å². The van der Waals surface area contributed by atoms with Gasteiger partial charge in [0.2, 0.25) is 0 Å². The van der Waals surface area contributed by atoms with Crippen molar-refractivity contribution in [1.29, 1.82) is 0 Å². The molecular weight excluding hydrogens is 288 g/mol. The molecule has 0 aromatic carbocycles. The highest BCUT2D eigenvalue weighted by molar-refractivity contribution is 5.91. The van der Waals surface area contributed by atoms with Crippen LogP contribution in [0.2, 0.25) is 0 Å². The standard InChI is InChI=1S/C20H28O3/c1-19-8-7-14(22)9-12(19)3-5-15-16-6-4-13(11-21)20(16,2)10-17(23)18(15)19/h9,11,13,15-18,23H,3-8,10H2,1-2H3/t13-,15?,16?,17?,18?,19?,20?/m1/s1. The molecule has 23 heavy (non-hydrogen) atoms. The average molecular weight is 316 g/mol. The Morgan fingerprint density at radius 1 is 1.22 bits per heavy atom. The van der Waals surface area contributed by atoms with Crippen molar-refractivity contribution in [2.24, 2.45) is 34.5 Å². The van der Waals surface area contributed by atoms with Gasteiger partial charge >= 0.3 is 0 Å². The van der Waals surface area contributed by atoms with E-state index in [0.717, 1.165) is 44.8 Å². The molecule has 7 atom stereocenters. The lowest BCUT2D eigenvalue weighted by Gasteiger charge is -2.59. The van der Waals surface area contributed by atoms with Crippen molar-refractivity contribution in [2.45, 2.75) is 64.9 Å². The number of hydrogen-bond acceptors (Lipinski definition) is 3. The number of allylic oxidation sites excluding steroid dienone is 1. The van der Waals surface area contributed by atoms with Gasteiger partial charge in [0.15, 0.2) is 5.78 Å². The molecule has 0 bridgehead atoms. The number of carbonyl (C=O) groups is 2. The fraction of sp³-hybridized carbons (Fsp3) is 0.800. The zero-order valence-electron chi connectivity index (χ0n) is 14.3. The smallest absolute Gasteiger partial charge is 0.155 e. The van der Waals surface area contributed by atoms with E-state index in [0.29, 0.717) is 18.3 Å². The summed E-state index contributed by atoms with van der Waals surface area (Å²) in [5.74, 6) is 1.69. The number of aldehydes is 1. The summed E-state index contributed by atoms with van der Waals surface area (Å²) in [5, 5.41) is 11.1. The first kappa shape index (κ1) is 15.6. The molecule has 0 aliphatic heterocycles. The molecule has 0 aromatic heterocycles. The summed E-state index contributed by atoms with van der Waals surface area (Å²) in [4.78, 5) is 23.4. The van der Waals surface area contributed by atoms with Gasteiger partial charge in [-0.05, 0) is 73.2 Å². The van der Waals surface area contributed by atoms with E-state index in [9.17, 15) is 14.7 Å². The molecule has 0 heterocycles. The van der Waals surface area contributed by atoms with Crippen LogP contribution in [0.1, 0.15) is 58.8 Å². The van der Waals surface area contributed by atoms with Crippen molar-refractivity contribution in [1.82, 2.24) is 0 Å². The molecule has 0 aromatic rings. The van der Waals surface area contributed by atoms with E-state index < -0.39 is 0 Å². The molecule has 4 rings (SSSR count). The zero-order chi connectivity index (χ0) is 16.4. The van der Waals surface area contributed by atoms with Gasteiger partial charge in [-0.3, -0.25) is 4.79 Å². The molecule has 3 nitrogen and oxygen atoms in total. The number of ketones is 1. The van der Waals surface area contributed by atoms with E-state index in [-0.39, 0.29) is 34.6 Å². The van der Waals surface area contributed by atoms with Crippen molar-refractivity contribution >= 4 is 12.1 Å². The first-order valence-electron chi connectivity index (χ1n) is 9.27. The first-order chi connectivity index (χ1) is 10.9. The van der Waals surface area contributed by atoms with Crippen molar-refractivity contribution in [3.63, 3.8) is 0 Å². The summed E-state index contributed by atoms with van der Waals surface area (Å²) in [6.45, 7) is 4.52. The SMILES string of the molecule is CC12CCC(=O)C=C1CCC1C2C(O)CC2(C)C1CC[C@@H]2C=O. The maximum Gasteiger partial charge on any atom is 0.155 e. The molecule has 3 saturated carbocycles. The number of aliphatic hydroxyl groups excluding tert-OH is 1. The van der Waals surface area contributed by atoms with Crippen molar-refractivity contribution < 1.29 is 14.7 Å². The molecule has 3 heteroatoms. The second kappa shape index (κ2) is 5.02. The van der Waals surface area contributed by atoms with Gasteiger partial charge in [0.1, 0.15) is 6.29 Å². The van der Waals surface area contributed by atoms with E-state index in [1.54, 1.807) is 0 Å². The van der Waals surface area contributed by atoms with Crippen LogP contribution in [-0.4, -0.2) is 23.3 Å². The quantitative estimate of drug-likeness (QED) is 0.755. The Labute approximate surface area is 138 Å². The maximum atomic E-state index is 11.8. The predicted octanol–water partition coefficient (Wildman–Crippen LogP) is 3.30. The third kappa shape index (κ3) is 1.98. The maximum absolute atomic E-state index is 11.8. The monoisotopic (exact) mass is 316 g/mol. The topological polar surface area (TPSA) is 54.4 Å². The summed E-state index contributed by atoms with van der Waals surface area (Å²) in [6, 6.07) is 0. The summed E-state index contributed by atoms with van der Waals surface area (Å²) in [6.07, 6.45) is 9.11. The van der Waals surface area contributed by atoms with Gasteiger partial charge in [-0.1, -0.05) is 19.4 Å². The minimum Gasteiger partial charge on any atom is -0.393 e. The van der Waals surface area contributed by atoms with Crippen molar-refractivity contribution in [3.05, 3.63) is 11.6 Å². The minimum atomic E-state index is -0.344. The van der Waals surface area contributed by atoms with Crippen LogP contribution in [0.4, 0.5) is 0 Å². The second-order valence-electron chi connectivity index (χ2n) is 8.99. The minimum absolute atomic E-state index is 0.0170. The highest BCUT2D eigenvalue weighted by atomic mass is 16.3. The molecule has 0 radical (unpaired) electrons. The molecular formula is C20H28O3. The Balaban J connectivity index is 1.73. The molecule has 3 fully saturated rings. The normalized spacial score (nSPS) is 52.2. The second-order valence-corrected chi connectivity index (χ2v) is 8.99. The summed E-state index contributed by atoms with van der Waals surface area (Å²) >= 11 is 0. The summed E-state index contributed by atoms with van der Waals surface area (Å²) < 4.78 is 0. The van der Waals surface area contributed by atoms with Crippen LogP contribution in [0.5, 0.6) is 0 Å². The summed E-state index contributed by atoms with van der Waals surface area (Å²) in [5.41, 5.74) is 1.24. The highest BCUT2D eigenvalue weighted by Crippen LogP contribution is 2.66. The average Bonchev–Trinajstić information content (AvgIpc) is 2.83. The Hall–Kier alpha value is -0.960. The molecule has 0 saturated heterocycles. The van der Waals surface area contributed by atoms with E-state index in [4.69, 9.17) is 0 Å². The number of rotatable bonds is 1. The zero-order valence-corrected chi connectivity index (χ0v) is 14.3. The lowest BCUT2D eigenvalue weighted by molar-refractivity contribution is -0.138. The fourth-order valence-electron chi connectivity index (χ4n) is 6.95. The number of carbonyl (C=O) groups excluding carboxylic acids is 2. The van der Waals surface area contributed by atoms with Gasteiger partial charge < -0.3 is 9.90 Å². The molecule has 4 aliphatic rings. The van der Waals surface area contributed by atoms with Gasteiger partial charge in [-0.25, -0.2) is 0 Å². The van der Waals surface area contributed by atoms with Gasteiger partial charge in [-0.15, -0.1) is 0 Å². The molecule has 4 aliphatic carbocycles. The van der Waals surface area contributed by atoms with Crippen molar-refractivity contribution in [2.75, 3.05) is 0 Å². The van der Waals surface area contributed by atoms with E-state index in [2.05, 4.69) is 13.8 Å². The van der Waals surface area contributed by atoms with Crippen LogP contribution in [0.15, 0.2) is 11.6 Å². The van der Waals surface area contributed by atoms with E-state index >= 15 is 0 Å². The Kier molecular flexibility index (Phi) is 3.39. The predicted molar refractivity (Wildman–Crippen MR) is 87.7 cm³/mol. The molecule has 6 unspecified atom stereocenters.